The first-order chi connectivity index (χ1) is 11.4. The molecule has 0 radical (unpaired) electrons. The Morgan fingerprint density at radius 3 is 1.65 bits per heavy atom. The normalized spacial score (nSPS) is 11.0. The van der Waals surface area contributed by atoms with Crippen LogP contribution < -0.4 is 13.8 Å². The van der Waals surface area contributed by atoms with Gasteiger partial charge < -0.3 is 0 Å². The quantitative estimate of drug-likeness (QED) is 0.310. The van der Waals surface area contributed by atoms with Crippen molar-refractivity contribution in [3.63, 3.8) is 0 Å². The van der Waals surface area contributed by atoms with Gasteiger partial charge in [0.1, 0.15) is 0 Å². The maximum absolute atomic E-state index is 6.37. The third-order valence-corrected chi connectivity index (χ3v) is 6.39. The van der Waals surface area contributed by atoms with E-state index in [4.69, 9.17) is 9.69 Å². The van der Waals surface area contributed by atoms with Crippen LogP contribution in [0.3, 0.4) is 0 Å². The second-order valence-corrected chi connectivity index (χ2v) is 7.62. The molecule has 0 bridgehead atoms. The summed E-state index contributed by atoms with van der Waals surface area (Å²) in [5.74, 6) is 0. The summed E-state index contributed by atoms with van der Waals surface area (Å²) >= 11 is -0.281. The summed E-state index contributed by atoms with van der Waals surface area (Å²) in [5, 5.41) is 1.28. The minimum absolute atomic E-state index is 0.281. The van der Waals surface area contributed by atoms with Crippen molar-refractivity contribution in [3.8, 4) is 0 Å². The number of halogens is 1. The van der Waals surface area contributed by atoms with Crippen molar-refractivity contribution in [2.24, 2.45) is 0 Å². The van der Waals surface area contributed by atoms with Crippen LogP contribution in [0.15, 0.2) is 91.0 Å². The molecule has 0 heterocycles. The van der Waals surface area contributed by atoms with Gasteiger partial charge in [-0.2, -0.15) is 0 Å². The van der Waals surface area contributed by atoms with Gasteiger partial charge in [-0.3, -0.25) is 0 Å². The van der Waals surface area contributed by atoms with Crippen LogP contribution >= 0.6 is 18.4 Å². The molecular formula is C18H16ClN2PRh. The first-order valence-electron chi connectivity index (χ1n) is 7.13. The van der Waals surface area contributed by atoms with Gasteiger partial charge in [-0.05, 0) is 0 Å². The van der Waals surface area contributed by atoms with Crippen LogP contribution in [0.1, 0.15) is 0 Å². The van der Waals surface area contributed by atoms with E-state index >= 15 is 0 Å². The van der Waals surface area contributed by atoms with Gasteiger partial charge in [-0.1, -0.05) is 0 Å². The number of anilines is 2. The van der Waals surface area contributed by atoms with E-state index < -0.39 is 0 Å². The summed E-state index contributed by atoms with van der Waals surface area (Å²) in [5.41, 5.74) is 2.25. The molecule has 0 aliphatic heterocycles. The molecule has 0 saturated carbocycles. The van der Waals surface area contributed by atoms with E-state index in [1.54, 1.807) is 0 Å². The van der Waals surface area contributed by atoms with Crippen LogP contribution in [0.5, 0.6) is 0 Å². The number of benzene rings is 3. The van der Waals surface area contributed by atoms with Gasteiger partial charge in [-0.25, -0.2) is 0 Å². The molecule has 0 spiro atoms. The third kappa shape index (κ3) is 4.33. The minimum atomic E-state index is -0.281. The first kappa shape index (κ1) is 16.5. The molecule has 0 amide bonds. The molecule has 0 aliphatic rings. The van der Waals surface area contributed by atoms with Gasteiger partial charge in [0, 0.05) is 0 Å². The van der Waals surface area contributed by atoms with E-state index in [1.807, 2.05) is 30.3 Å². The molecule has 0 fully saturated rings. The fourth-order valence-corrected chi connectivity index (χ4v) is 5.28. The van der Waals surface area contributed by atoms with E-state index in [0.29, 0.717) is 8.73 Å². The Hall–Kier alpha value is -1.40. The number of hydrogen-bond donors (Lipinski definition) is 0. The standard InChI is InChI=1S/C18H16N2P.ClH.Rh/c1-4-10-16(11-5-1)19-20(17-12-6-2-7-13-17)21-18-14-8-3-9-15-18;;/h1-15,21H;1H;/q-1;;+2/p-1. The summed E-state index contributed by atoms with van der Waals surface area (Å²) < 4.78 is 4.43. The predicted molar refractivity (Wildman–Crippen MR) is 98.1 cm³/mol. The van der Waals surface area contributed by atoms with E-state index in [1.165, 1.54) is 5.30 Å². The second-order valence-electron chi connectivity index (χ2n) is 4.76. The number of rotatable bonds is 6. The Morgan fingerprint density at radius 2 is 1.13 bits per heavy atom. The number of hydrazine groups is 1. The van der Waals surface area contributed by atoms with E-state index in [-0.39, 0.29) is 16.4 Å². The number of para-hydroxylation sites is 2. The molecule has 0 N–H and O–H groups in total. The Bertz CT molecular complexity index is 713. The number of nitrogens with zero attached hydrogens (tertiary/aromatic N) is 2. The molecule has 1 atom stereocenters. The van der Waals surface area contributed by atoms with Crippen LogP contribution in [0.2, 0.25) is 0 Å². The van der Waals surface area contributed by atoms with E-state index in [2.05, 4.69) is 69.2 Å². The van der Waals surface area contributed by atoms with Crippen molar-refractivity contribution in [3.05, 3.63) is 91.0 Å². The zero-order valence-electron chi connectivity index (χ0n) is 12.3. The summed E-state index contributed by atoms with van der Waals surface area (Å²) in [6.45, 7) is 0. The molecule has 119 valence electrons. The molecule has 2 nitrogen and oxygen atoms in total. The molecular weight excluding hydrogens is 414 g/mol. The summed E-state index contributed by atoms with van der Waals surface area (Å²) in [6, 6.07) is 31.2. The zero-order valence-corrected chi connectivity index (χ0v) is 15.7. The molecule has 0 aromatic heterocycles. The SMILES string of the molecule is [Cl][Rh][N](c1ccccc1)N(Pc1ccccc1)c1ccccc1. The van der Waals surface area contributed by atoms with Crippen LogP contribution in [-0.4, -0.2) is 0 Å². The van der Waals surface area contributed by atoms with Crippen LogP contribution in [0.25, 0.3) is 0 Å². The Morgan fingerprint density at radius 1 is 0.652 bits per heavy atom. The zero-order chi connectivity index (χ0) is 15.9. The third-order valence-electron chi connectivity index (χ3n) is 3.19. The Balaban J connectivity index is 1.97. The average Bonchev–Trinajstić information content (AvgIpc) is 2.64. The fourth-order valence-electron chi connectivity index (χ4n) is 2.12. The average molecular weight is 430 g/mol. The number of hydrogen-bond acceptors (Lipinski definition) is 2. The van der Waals surface area contributed by atoms with Gasteiger partial charge in [-0.15, -0.1) is 0 Å². The fraction of sp³-hybridized carbons (Fsp3) is 0. The van der Waals surface area contributed by atoms with Crippen molar-refractivity contribution in [2.45, 2.75) is 0 Å². The van der Waals surface area contributed by atoms with Crippen molar-refractivity contribution in [1.29, 1.82) is 0 Å². The van der Waals surface area contributed by atoms with Crippen molar-refractivity contribution in [2.75, 3.05) is 8.53 Å². The van der Waals surface area contributed by atoms with Gasteiger partial charge in [0.15, 0.2) is 0 Å². The van der Waals surface area contributed by atoms with Gasteiger partial charge in [0.25, 0.3) is 0 Å². The molecule has 3 aromatic carbocycles. The maximum atomic E-state index is 6.37. The van der Waals surface area contributed by atoms with Crippen LogP contribution in [-0.2, 0) is 16.4 Å². The second kappa shape index (κ2) is 8.45. The molecule has 0 saturated heterocycles. The monoisotopic (exact) mass is 429 g/mol. The first-order valence-corrected chi connectivity index (χ1v) is 10.9. The van der Waals surface area contributed by atoms with Gasteiger partial charge >= 0.3 is 151 Å². The Labute approximate surface area is 150 Å². The Kier molecular flexibility index (Phi) is 6.05. The van der Waals surface area contributed by atoms with Gasteiger partial charge in [0.2, 0.25) is 0 Å². The summed E-state index contributed by atoms with van der Waals surface area (Å²) in [4.78, 5) is 0. The summed E-state index contributed by atoms with van der Waals surface area (Å²) in [7, 11) is 6.85. The molecule has 23 heavy (non-hydrogen) atoms. The molecule has 0 aliphatic carbocycles. The van der Waals surface area contributed by atoms with Crippen molar-refractivity contribution in [1.82, 2.24) is 0 Å². The van der Waals surface area contributed by atoms with Crippen LogP contribution in [0.4, 0.5) is 11.4 Å². The van der Waals surface area contributed by atoms with Crippen LogP contribution in [0, 0.1) is 0 Å². The molecule has 1 unspecified atom stereocenters. The topological polar surface area (TPSA) is 6.48 Å². The van der Waals surface area contributed by atoms with E-state index in [0.717, 1.165) is 11.4 Å². The van der Waals surface area contributed by atoms with E-state index in [9.17, 15) is 0 Å². The van der Waals surface area contributed by atoms with Crippen molar-refractivity contribution < 1.29 is 16.4 Å². The summed E-state index contributed by atoms with van der Waals surface area (Å²) in [6.07, 6.45) is 0. The van der Waals surface area contributed by atoms with Crippen molar-refractivity contribution >= 4 is 35.1 Å². The van der Waals surface area contributed by atoms with Gasteiger partial charge in [0.05, 0.1) is 0 Å². The molecule has 5 heteroatoms. The molecule has 3 aromatic rings. The molecule has 3 rings (SSSR count). The predicted octanol–water partition coefficient (Wildman–Crippen LogP) is 4.98.